The van der Waals surface area contributed by atoms with Crippen LogP contribution in [0.2, 0.25) is 0 Å². The Morgan fingerprint density at radius 3 is 1.29 bits per heavy atom. The zero-order valence-corrected chi connectivity index (χ0v) is 41.3. The number of esters is 2. The van der Waals surface area contributed by atoms with E-state index in [0.717, 1.165) is 51.4 Å². The molecular weight excluding hydrogens is 775 g/mol. The van der Waals surface area contributed by atoms with Crippen LogP contribution in [0.25, 0.3) is 0 Å². The van der Waals surface area contributed by atoms with Gasteiger partial charge in [-0.05, 0) is 64.2 Å². The van der Waals surface area contributed by atoms with Crippen molar-refractivity contribution in [3.05, 3.63) is 36.5 Å². The summed E-state index contributed by atoms with van der Waals surface area (Å²) >= 11 is 0. The standard InChI is InChI=1S/C54H99NO7/c1-6-8-10-12-14-16-18-20-22-23-24-25-26-27-28-29-31-33-35-37-39-41-43-45-53(57)62-50(48-60-47-46-51(54(58)59)55(3,4)5)49-61-52(56)44-42-40-38-36-34-32-30-21-19-17-15-13-11-9-7-2/h15,17,19,21,27-28,50-51H,6-14,16,18,20,22-26,29-49H2,1-5H3/b17-15+,21-19+,28-27+. The lowest BCUT2D eigenvalue weighted by molar-refractivity contribution is -0.889. The molecule has 0 aromatic carbocycles. The van der Waals surface area contributed by atoms with Gasteiger partial charge in [0.25, 0.3) is 0 Å². The molecule has 0 spiro atoms. The largest absolute Gasteiger partial charge is 0.544 e. The van der Waals surface area contributed by atoms with Gasteiger partial charge in [0.1, 0.15) is 12.6 Å². The highest BCUT2D eigenvalue weighted by molar-refractivity contribution is 5.70. The third kappa shape index (κ3) is 42.8. The minimum atomic E-state index is -1.13. The Bertz CT molecular complexity index is 1110. The normalized spacial score (nSPS) is 13.1. The molecule has 0 aliphatic carbocycles. The maximum atomic E-state index is 12.8. The number of unbranched alkanes of at least 4 members (excludes halogenated alkanes) is 28. The molecule has 8 nitrogen and oxygen atoms in total. The number of likely N-dealkylation sites (N-methyl/N-ethyl adjacent to an activating group) is 1. The van der Waals surface area contributed by atoms with Crippen LogP contribution in [-0.2, 0) is 28.6 Å². The Balaban J connectivity index is 4.22. The summed E-state index contributed by atoms with van der Waals surface area (Å²) in [6.45, 7) is 4.64. The van der Waals surface area contributed by atoms with E-state index in [2.05, 4.69) is 50.3 Å². The molecule has 0 aliphatic heterocycles. The first-order chi connectivity index (χ1) is 30.1. The average Bonchev–Trinajstić information content (AvgIpc) is 3.23. The van der Waals surface area contributed by atoms with E-state index in [1.807, 2.05) is 0 Å². The van der Waals surface area contributed by atoms with Gasteiger partial charge >= 0.3 is 11.9 Å². The quantitative estimate of drug-likeness (QED) is 0.0197. The zero-order valence-electron chi connectivity index (χ0n) is 41.3. The van der Waals surface area contributed by atoms with E-state index in [4.69, 9.17) is 14.2 Å². The first-order valence-electron chi connectivity index (χ1n) is 26.0. The molecule has 0 amide bonds. The number of carboxylic acids is 1. The number of ether oxygens (including phenoxy) is 3. The van der Waals surface area contributed by atoms with Gasteiger partial charge in [0, 0.05) is 19.3 Å². The first-order valence-corrected chi connectivity index (χ1v) is 26.0. The van der Waals surface area contributed by atoms with Crippen molar-refractivity contribution in [1.82, 2.24) is 0 Å². The van der Waals surface area contributed by atoms with Crippen molar-refractivity contribution in [3.8, 4) is 0 Å². The number of hydrogen-bond acceptors (Lipinski definition) is 7. The van der Waals surface area contributed by atoms with Gasteiger partial charge in [-0.2, -0.15) is 0 Å². The number of nitrogens with zero attached hydrogens (tertiary/aromatic N) is 1. The van der Waals surface area contributed by atoms with E-state index in [-0.39, 0.29) is 42.7 Å². The van der Waals surface area contributed by atoms with Gasteiger partial charge in [-0.1, -0.05) is 192 Å². The number of allylic oxidation sites excluding steroid dienone is 6. The van der Waals surface area contributed by atoms with Crippen LogP contribution < -0.4 is 5.11 Å². The molecule has 0 aliphatic rings. The molecule has 62 heavy (non-hydrogen) atoms. The third-order valence-electron chi connectivity index (χ3n) is 11.8. The molecule has 362 valence electrons. The fraction of sp³-hybridized carbons (Fsp3) is 0.833. The molecule has 0 saturated heterocycles. The summed E-state index contributed by atoms with van der Waals surface area (Å²) in [6, 6.07) is -0.728. The number of aliphatic carboxylic acids is 1. The molecule has 0 aromatic rings. The van der Waals surface area contributed by atoms with Gasteiger partial charge in [0.05, 0.1) is 40.3 Å². The molecule has 0 radical (unpaired) electrons. The Kier molecular flexibility index (Phi) is 43.3. The Hall–Kier alpha value is -2.45. The fourth-order valence-electron chi connectivity index (χ4n) is 7.70. The zero-order chi connectivity index (χ0) is 45.6. The van der Waals surface area contributed by atoms with Crippen LogP contribution in [0, 0.1) is 0 Å². The van der Waals surface area contributed by atoms with E-state index in [1.165, 1.54) is 154 Å². The van der Waals surface area contributed by atoms with Gasteiger partial charge in [-0.15, -0.1) is 0 Å². The number of hydrogen-bond donors (Lipinski definition) is 0. The summed E-state index contributed by atoms with van der Waals surface area (Å²) in [5, 5.41) is 11.7. The maximum absolute atomic E-state index is 12.8. The molecule has 0 saturated carbocycles. The second-order valence-corrected chi connectivity index (χ2v) is 18.8. The minimum Gasteiger partial charge on any atom is -0.544 e. The summed E-state index contributed by atoms with van der Waals surface area (Å²) in [6.07, 6.45) is 53.2. The van der Waals surface area contributed by atoms with E-state index in [9.17, 15) is 19.5 Å². The van der Waals surface area contributed by atoms with Crippen molar-refractivity contribution in [3.63, 3.8) is 0 Å². The molecule has 2 atom stereocenters. The van der Waals surface area contributed by atoms with Gasteiger partial charge in [-0.3, -0.25) is 9.59 Å². The Labute approximate surface area is 383 Å². The van der Waals surface area contributed by atoms with E-state index in [1.54, 1.807) is 21.1 Å². The molecular formula is C54H99NO7. The maximum Gasteiger partial charge on any atom is 0.306 e. The number of carbonyl (C=O) groups is 3. The Morgan fingerprint density at radius 1 is 0.484 bits per heavy atom. The smallest absolute Gasteiger partial charge is 0.306 e. The second-order valence-electron chi connectivity index (χ2n) is 18.8. The number of rotatable bonds is 47. The van der Waals surface area contributed by atoms with E-state index >= 15 is 0 Å². The fourth-order valence-corrected chi connectivity index (χ4v) is 7.70. The SMILES string of the molecule is CCCCC/C=C/C=C/CCCCCCCCC(=O)OCC(COCCC(C(=O)[O-])[N+](C)(C)C)OC(=O)CCCCCCCCC/C=C/CCCCCCCCCCCCCC. The Morgan fingerprint density at radius 2 is 0.855 bits per heavy atom. The van der Waals surface area contributed by atoms with Crippen LogP contribution in [0.1, 0.15) is 239 Å². The molecule has 8 heteroatoms. The summed E-state index contributed by atoms with van der Waals surface area (Å²) in [5.74, 6) is -1.75. The van der Waals surface area contributed by atoms with Gasteiger partial charge in [0.2, 0.25) is 0 Å². The van der Waals surface area contributed by atoms with Crippen LogP contribution in [-0.4, -0.2) is 75.5 Å². The predicted octanol–water partition coefficient (Wildman–Crippen LogP) is 13.6. The monoisotopic (exact) mass is 874 g/mol. The lowest BCUT2D eigenvalue weighted by atomic mass is 10.0. The summed E-state index contributed by atoms with van der Waals surface area (Å²) in [7, 11) is 5.41. The van der Waals surface area contributed by atoms with Crippen LogP contribution >= 0.6 is 0 Å². The number of carbonyl (C=O) groups excluding carboxylic acids is 3. The lowest BCUT2D eigenvalue weighted by Gasteiger charge is -2.34. The summed E-state index contributed by atoms with van der Waals surface area (Å²) in [4.78, 5) is 37.0. The molecule has 0 fully saturated rings. The van der Waals surface area contributed by atoms with Crippen molar-refractivity contribution in [2.24, 2.45) is 0 Å². The average molecular weight is 874 g/mol. The van der Waals surface area contributed by atoms with E-state index in [0.29, 0.717) is 12.8 Å². The summed E-state index contributed by atoms with van der Waals surface area (Å²) in [5.41, 5.74) is 0. The molecule has 0 N–H and O–H groups in total. The van der Waals surface area contributed by atoms with Crippen molar-refractivity contribution < 1.29 is 38.2 Å². The number of quaternary nitrogens is 1. The lowest BCUT2D eigenvalue weighted by Crippen LogP contribution is -2.55. The topological polar surface area (TPSA) is 102 Å². The first kappa shape index (κ1) is 59.5. The molecule has 0 bridgehead atoms. The van der Waals surface area contributed by atoms with Crippen LogP contribution in [0.4, 0.5) is 0 Å². The minimum absolute atomic E-state index is 0.0367. The molecule has 0 rings (SSSR count). The predicted molar refractivity (Wildman–Crippen MR) is 259 cm³/mol. The molecule has 0 heterocycles. The van der Waals surface area contributed by atoms with Crippen LogP contribution in [0.15, 0.2) is 36.5 Å². The van der Waals surface area contributed by atoms with Crippen molar-refractivity contribution in [2.75, 3.05) is 41.0 Å². The second kappa shape index (κ2) is 45.1. The highest BCUT2D eigenvalue weighted by atomic mass is 16.6. The molecule has 0 aromatic heterocycles. The van der Waals surface area contributed by atoms with Gasteiger partial charge < -0.3 is 28.6 Å². The van der Waals surface area contributed by atoms with Gasteiger partial charge in [0.15, 0.2) is 6.10 Å². The number of carboxylic acid groups (broad SMARTS) is 1. The third-order valence-corrected chi connectivity index (χ3v) is 11.8. The van der Waals surface area contributed by atoms with Crippen LogP contribution in [0.5, 0.6) is 0 Å². The van der Waals surface area contributed by atoms with E-state index < -0.39 is 18.1 Å². The molecule has 2 unspecified atom stereocenters. The highest BCUT2D eigenvalue weighted by Gasteiger charge is 2.25. The van der Waals surface area contributed by atoms with Crippen molar-refractivity contribution in [1.29, 1.82) is 0 Å². The summed E-state index contributed by atoms with van der Waals surface area (Å²) < 4.78 is 17.2. The van der Waals surface area contributed by atoms with Gasteiger partial charge in [-0.25, -0.2) is 0 Å². The highest BCUT2D eigenvalue weighted by Crippen LogP contribution is 2.15. The van der Waals surface area contributed by atoms with Crippen molar-refractivity contribution >= 4 is 17.9 Å². The van der Waals surface area contributed by atoms with Crippen LogP contribution in [0.3, 0.4) is 0 Å². The van der Waals surface area contributed by atoms with Crippen molar-refractivity contribution in [2.45, 2.75) is 251 Å².